The standard InChI is InChI=1S/C14H21BrN2OS/c1-4-17-14(3,13(16)18)9-10(2)19-12-7-5-11(15)6-8-12/h5-8,10,17H,4,9H2,1-3H3,(H2,16,18). The summed E-state index contributed by atoms with van der Waals surface area (Å²) < 4.78 is 1.07. The first kappa shape index (κ1) is 16.5. The fraction of sp³-hybridized carbons (Fsp3) is 0.500. The van der Waals surface area contributed by atoms with Gasteiger partial charge in [0.25, 0.3) is 0 Å². The van der Waals surface area contributed by atoms with Crippen LogP contribution in [-0.2, 0) is 4.79 Å². The van der Waals surface area contributed by atoms with Gasteiger partial charge in [-0.15, -0.1) is 11.8 Å². The number of hydrogen-bond acceptors (Lipinski definition) is 3. The van der Waals surface area contributed by atoms with Crippen molar-refractivity contribution in [3.8, 4) is 0 Å². The third kappa shape index (κ3) is 5.16. The van der Waals surface area contributed by atoms with E-state index in [4.69, 9.17) is 5.73 Å². The number of nitrogens with one attached hydrogen (secondary N) is 1. The number of rotatable bonds is 7. The maximum absolute atomic E-state index is 11.6. The molecule has 2 atom stereocenters. The van der Waals surface area contributed by atoms with Gasteiger partial charge in [-0.25, -0.2) is 0 Å². The molecule has 0 aliphatic heterocycles. The van der Waals surface area contributed by atoms with Gasteiger partial charge in [0.15, 0.2) is 0 Å². The molecule has 0 spiro atoms. The van der Waals surface area contributed by atoms with E-state index in [-0.39, 0.29) is 5.91 Å². The minimum atomic E-state index is -0.642. The number of amides is 1. The van der Waals surface area contributed by atoms with Gasteiger partial charge in [0.2, 0.25) is 5.91 Å². The molecule has 0 aliphatic rings. The lowest BCUT2D eigenvalue weighted by atomic mass is 9.95. The van der Waals surface area contributed by atoms with Gasteiger partial charge in [0, 0.05) is 14.6 Å². The van der Waals surface area contributed by atoms with Gasteiger partial charge in [-0.2, -0.15) is 0 Å². The summed E-state index contributed by atoms with van der Waals surface area (Å²) in [5, 5.41) is 3.49. The predicted molar refractivity (Wildman–Crippen MR) is 85.4 cm³/mol. The highest BCUT2D eigenvalue weighted by Gasteiger charge is 2.31. The molecule has 0 aromatic heterocycles. The molecule has 3 N–H and O–H groups in total. The molecule has 1 rings (SSSR count). The Balaban J connectivity index is 2.65. The van der Waals surface area contributed by atoms with Crippen molar-refractivity contribution in [2.24, 2.45) is 5.73 Å². The summed E-state index contributed by atoms with van der Waals surface area (Å²) in [7, 11) is 0. The van der Waals surface area contributed by atoms with Gasteiger partial charge in [-0.05, 0) is 44.2 Å². The van der Waals surface area contributed by atoms with Gasteiger partial charge >= 0.3 is 0 Å². The van der Waals surface area contributed by atoms with E-state index in [1.807, 2.05) is 26.0 Å². The van der Waals surface area contributed by atoms with Crippen molar-refractivity contribution < 1.29 is 4.79 Å². The zero-order valence-electron chi connectivity index (χ0n) is 11.6. The van der Waals surface area contributed by atoms with E-state index >= 15 is 0 Å². The average molecular weight is 345 g/mol. The number of halogens is 1. The van der Waals surface area contributed by atoms with Crippen molar-refractivity contribution in [2.45, 2.75) is 42.9 Å². The smallest absolute Gasteiger partial charge is 0.237 e. The molecular formula is C14H21BrN2OS. The predicted octanol–water partition coefficient (Wildman–Crippen LogP) is 3.17. The van der Waals surface area contributed by atoms with Crippen LogP contribution in [0.4, 0.5) is 0 Å². The van der Waals surface area contributed by atoms with E-state index in [1.165, 1.54) is 4.90 Å². The fourth-order valence-corrected chi connectivity index (χ4v) is 3.45. The second-order valence-electron chi connectivity index (χ2n) is 4.81. The van der Waals surface area contributed by atoms with Gasteiger partial charge < -0.3 is 11.1 Å². The molecule has 106 valence electrons. The van der Waals surface area contributed by atoms with Crippen molar-refractivity contribution in [3.05, 3.63) is 28.7 Å². The Hall–Kier alpha value is -0.520. The van der Waals surface area contributed by atoms with Crippen LogP contribution in [0, 0.1) is 0 Å². The molecular weight excluding hydrogens is 324 g/mol. The second kappa shape index (κ2) is 7.31. The van der Waals surface area contributed by atoms with Crippen molar-refractivity contribution in [1.29, 1.82) is 0 Å². The molecule has 5 heteroatoms. The molecule has 0 radical (unpaired) electrons. The van der Waals surface area contributed by atoms with Crippen molar-refractivity contribution >= 4 is 33.6 Å². The third-order valence-electron chi connectivity index (χ3n) is 2.96. The highest BCUT2D eigenvalue weighted by atomic mass is 79.9. The average Bonchev–Trinajstić information content (AvgIpc) is 2.32. The number of primary amides is 1. The minimum Gasteiger partial charge on any atom is -0.368 e. The first-order valence-corrected chi connectivity index (χ1v) is 8.02. The van der Waals surface area contributed by atoms with Gasteiger partial charge in [-0.1, -0.05) is 29.8 Å². The molecule has 0 saturated carbocycles. The monoisotopic (exact) mass is 344 g/mol. The Morgan fingerprint density at radius 2 is 2.05 bits per heavy atom. The fourth-order valence-electron chi connectivity index (χ4n) is 2.01. The van der Waals surface area contributed by atoms with Gasteiger partial charge in [-0.3, -0.25) is 4.79 Å². The Morgan fingerprint density at radius 1 is 1.47 bits per heavy atom. The van der Waals surface area contributed by atoms with Crippen LogP contribution in [0.25, 0.3) is 0 Å². The second-order valence-corrected chi connectivity index (χ2v) is 7.24. The summed E-state index contributed by atoms with van der Waals surface area (Å²) in [6, 6.07) is 8.18. The summed E-state index contributed by atoms with van der Waals surface area (Å²) in [6.45, 7) is 6.70. The van der Waals surface area contributed by atoms with Crippen LogP contribution in [0.2, 0.25) is 0 Å². The largest absolute Gasteiger partial charge is 0.368 e. The number of likely N-dealkylation sites (N-methyl/N-ethyl adjacent to an activating group) is 1. The normalized spacial score (nSPS) is 15.8. The van der Waals surface area contributed by atoms with E-state index in [1.54, 1.807) is 11.8 Å². The number of thioether (sulfide) groups is 1. The molecule has 1 amide bonds. The summed E-state index contributed by atoms with van der Waals surface area (Å²) in [6.07, 6.45) is 0.705. The molecule has 1 aromatic rings. The maximum atomic E-state index is 11.6. The van der Waals surface area contributed by atoms with Gasteiger partial charge in [0.05, 0.1) is 5.54 Å². The van der Waals surface area contributed by atoms with Crippen LogP contribution >= 0.6 is 27.7 Å². The number of hydrogen-bond donors (Lipinski definition) is 2. The van der Waals surface area contributed by atoms with Gasteiger partial charge in [0.1, 0.15) is 0 Å². The van der Waals surface area contributed by atoms with Crippen LogP contribution in [0.3, 0.4) is 0 Å². The molecule has 0 saturated heterocycles. The molecule has 0 heterocycles. The lowest BCUT2D eigenvalue weighted by Gasteiger charge is -2.29. The van der Waals surface area contributed by atoms with Crippen molar-refractivity contribution in [1.82, 2.24) is 5.32 Å². The number of carbonyl (C=O) groups excluding carboxylic acids is 1. The van der Waals surface area contributed by atoms with E-state index in [9.17, 15) is 4.79 Å². The van der Waals surface area contributed by atoms with Crippen LogP contribution < -0.4 is 11.1 Å². The molecule has 0 fully saturated rings. The Kier molecular flexibility index (Phi) is 6.36. The highest BCUT2D eigenvalue weighted by molar-refractivity contribution is 9.10. The zero-order chi connectivity index (χ0) is 14.5. The van der Waals surface area contributed by atoms with Crippen LogP contribution in [-0.4, -0.2) is 23.2 Å². The highest BCUT2D eigenvalue weighted by Crippen LogP contribution is 2.29. The molecule has 19 heavy (non-hydrogen) atoms. The first-order valence-electron chi connectivity index (χ1n) is 6.34. The van der Waals surface area contributed by atoms with E-state index in [2.05, 4.69) is 40.3 Å². The van der Waals surface area contributed by atoms with Crippen LogP contribution in [0.15, 0.2) is 33.6 Å². The Bertz CT molecular complexity index is 424. The van der Waals surface area contributed by atoms with Crippen LogP contribution in [0.1, 0.15) is 27.2 Å². The third-order valence-corrected chi connectivity index (χ3v) is 4.60. The molecule has 2 unspecified atom stereocenters. The van der Waals surface area contributed by atoms with Crippen molar-refractivity contribution in [2.75, 3.05) is 6.54 Å². The van der Waals surface area contributed by atoms with E-state index < -0.39 is 5.54 Å². The summed E-state index contributed by atoms with van der Waals surface area (Å²) in [5.74, 6) is -0.294. The Morgan fingerprint density at radius 3 is 2.53 bits per heavy atom. The van der Waals surface area contributed by atoms with Crippen LogP contribution in [0.5, 0.6) is 0 Å². The summed E-state index contributed by atoms with van der Waals surface area (Å²) in [5.41, 5.74) is 4.86. The van der Waals surface area contributed by atoms with E-state index in [0.717, 1.165) is 11.0 Å². The minimum absolute atomic E-state index is 0.294. The molecule has 3 nitrogen and oxygen atoms in total. The zero-order valence-corrected chi connectivity index (χ0v) is 14.0. The topological polar surface area (TPSA) is 55.1 Å². The first-order chi connectivity index (χ1) is 8.87. The number of benzene rings is 1. The molecule has 1 aromatic carbocycles. The SMILES string of the molecule is CCNC(C)(CC(C)Sc1ccc(Br)cc1)C(N)=O. The lowest BCUT2D eigenvalue weighted by Crippen LogP contribution is -2.54. The van der Waals surface area contributed by atoms with E-state index in [0.29, 0.717) is 11.7 Å². The Labute approximate surface area is 127 Å². The number of nitrogens with two attached hydrogens (primary N) is 1. The number of carbonyl (C=O) groups is 1. The quantitative estimate of drug-likeness (QED) is 0.747. The lowest BCUT2D eigenvalue weighted by molar-refractivity contribution is -0.124. The molecule has 0 bridgehead atoms. The summed E-state index contributed by atoms with van der Waals surface area (Å²) >= 11 is 5.17. The summed E-state index contributed by atoms with van der Waals surface area (Å²) in [4.78, 5) is 12.8. The maximum Gasteiger partial charge on any atom is 0.237 e. The molecule has 0 aliphatic carbocycles. The van der Waals surface area contributed by atoms with Crippen molar-refractivity contribution in [3.63, 3.8) is 0 Å².